The SMILES string of the molecule is CCOCC(Nc1cc(C)cc2ncnn12)C(C)C. The van der Waals surface area contributed by atoms with Gasteiger partial charge < -0.3 is 10.1 Å². The molecule has 0 saturated carbocycles. The van der Waals surface area contributed by atoms with Crippen molar-refractivity contribution in [1.82, 2.24) is 14.6 Å². The first kappa shape index (κ1) is 13.8. The third-order valence-electron chi connectivity index (χ3n) is 3.16. The number of aryl methyl sites for hydroxylation is 1. The van der Waals surface area contributed by atoms with Crippen LogP contribution in [0, 0.1) is 12.8 Å². The number of aromatic nitrogens is 3. The molecule has 19 heavy (non-hydrogen) atoms. The molecule has 2 aromatic rings. The number of ether oxygens (including phenoxy) is 1. The minimum atomic E-state index is 0.258. The Bertz CT molecular complexity index is 535. The van der Waals surface area contributed by atoms with Gasteiger partial charge in [0.05, 0.1) is 12.6 Å². The summed E-state index contributed by atoms with van der Waals surface area (Å²) in [5.74, 6) is 1.44. The fraction of sp³-hybridized carbons (Fsp3) is 0.571. The Hall–Kier alpha value is -1.62. The molecule has 0 fully saturated rings. The highest BCUT2D eigenvalue weighted by molar-refractivity contribution is 5.51. The molecule has 5 heteroatoms. The molecular formula is C14H22N4O. The fourth-order valence-corrected chi connectivity index (χ4v) is 1.99. The molecule has 0 spiro atoms. The molecular weight excluding hydrogens is 240 g/mol. The Morgan fingerprint density at radius 1 is 1.37 bits per heavy atom. The van der Waals surface area contributed by atoms with Crippen molar-refractivity contribution in [1.29, 1.82) is 0 Å². The molecule has 0 aliphatic heterocycles. The van der Waals surface area contributed by atoms with Gasteiger partial charge >= 0.3 is 0 Å². The molecule has 0 aliphatic rings. The highest BCUT2D eigenvalue weighted by Gasteiger charge is 2.15. The lowest BCUT2D eigenvalue weighted by Gasteiger charge is -2.23. The Morgan fingerprint density at radius 2 is 2.16 bits per heavy atom. The van der Waals surface area contributed by atoms with E-state index in [2.05, 4.69) is 42.2 Å². The number of hydrogen-bond acceptors (Lipinski definition) is 4. The number of rotatable bonds is 6. The van der Waals surface area contributed by atoms with Gasteiger partial charge in [0.1, 0.15) is 12.1 Å². The summed E-state index contributed by atoms with van der Waals surface area (Å²) >= 11 is 0. The molecule has 104 valence electrons. The van der Waals surface area contributed by atoms with Crippen molar-refractivity contribution < 1.29 is 4.74 Å². The van der Waals surface area contributed by atoms with E-state index in [0.29, 0.717) is 12.5 Å². The van der Waals surface area contributed by atoms with Crippen molar-refractivity contribution >= 4 is 11.5 Å². The molecule has 0 aliphatic carbocycles. The molecule has 2 heterocycles. The van der Waals surface area contributed by atoms with E-state index in [4.69, 9.17) is 4.74 Å². The topological polar surface area (TPSA) is 51.5 Å². The van der Waals surface area contributed by atoms with Crippen LogP contribution in [0.25, 0.3) is 5.65 Å². The van der Waals surface area contributed by atoms with E-state index < -0.39 is 0 Å². The summed E-state index contributed by atoms with van der Waals surface area (Å²) < 4.78 is 7.37. The minimum Gasteiger partial charge on any atom is -0.380 e. The smallest absolute Gasteiger partial charge is 0.157 e. The Labute approximate surface area is 114 Å². The average Bonchev–Trinajstić information content (AvgIpc) is 2.81. The zero-order valence-corrected chi connectivity index (χ0v) is 12.1. The lowest BCUT2D eigenvalue weighted by molar-refractivity contribution is 0.126. The molecule has 0 bridgehead atoms. The number of anilines is 1. The van der Waals surface area contributed by atoms with Crippen LogP contribution in [0.1, 0.15) is 26.3 Å². The number of nitrogens with one attached hydrogen (secondary N) is 1. The van der Waals surface area contributed by atoms with Crippen molar-refractivity contribution in [2.24, 2.45) is 5.92 Å². The summed E-state index contributed by atoms with van der Waals surface area (Å²) in [7, 11) is 0. The van der Waals surface area contributed by atoms with Crippen LogP contribution in [0.5, 0.6) is 0 Å². The molecule has 0 saturated heterocycles. The summed E-state index contributed by atoms with van der Waals surface area (Å²) in [6.07, 6.45) is 1.58. The van der Waals surface area contributed by atoms with Gasteiger partial charge in [-0.15, -0.1) is 0 Å². The summed E-state index contributed by atoms with van der Waals surface area (Å²) in [6.45, 7) is 9.87. The third kappa shape index (κ3) is 3.23. The van der Waals surface area contributed by atoms with Crippen molar-refractivity contribution in [3.8, 4) is 0 Å². The Balaban J connectivity index is 2.25. The quantitative estimate of drug-likeness (QED) is 0.869. The number of nitrogens with zero attached hydrogens (tertiary/aromatic N) is 3. The molecule has 2 aromatic heterocycles. The van der Waals surface area contributed by atoms with Crippen LogP contribution in [0.2, 0.25) is 0 Å². The molecule has 0 amide bonds. The van der Waals surface area contributed by atoms with E-state index in [1.165, 1.54) is 5.56 Å². The zero-order valence-electron chi connectivity index (χ0n) is 12.1. The van der Waals surface area contributed by atoms with Crippen molar-refractivity contribution in [3.63, 3.8) is 0 Å². The molecule has 0 radical (unpaired) electrons. The predicted octanol–water partition coefficient (Wildman–Crippen LogP) is 2.51. The molecule has 0 aromatic carbocycles. The molecule has 2 rings (SSSR count). The van der Waals surface area contributed by atoms with E-state index >= 15 is 0 Å². The second-order valence-electron chi connectivity index (χ2n) is 5.10. The lowest BCUT2D eigenvalue weighted by atomic mass is 10.1. The summed E-state index contributed by atoms with van der Waals surface area (Å²) in [6, 6.07) is 4.36. The normalized spacial score (nSPS) is 13.1. The molecule has 5 nitrogen and oxygen atoms in total. The average molecular weight is 262 g/mol. The minimum absolute atomic E-state index is 0.258. The Kier molecular flexibility index (Phi) is 4.37. The maximum absolute atomic E-state index is 5.55. The summed E-state index contributed by atoms with van der Waals surface area (Å²) in [4.78, 5) is 4.24. The Morgan fingerprint density at radius 3 is 2.84 bits per heavy atom. The van der Waals surface area contributed by atoms with Crippen LogP contribution in [-0.4, -0.2) is 33.9 Å². The first-order valence-electron chi connectivity index (χ1n) is 6.76. The van der Waals surface area contributed by atoms with Gasteiger partial charge in [-0.1, -0.05) is 13.8 Å². The van der Waals surface area contributed by atoms with Crippen LogP contribution in [0.3, 0.4) is 0 Å². The van der Waals surface area contributed by atoms with Gasteiger partial charge in [0, 0.05) is 6.61 Å². The van der Waals surface area contributed by atoms with Crippen molar-refractivity contribution in [2.75, 3.05) is 18.5 Å². The molecule has 1 atom stereocenters. The van der Waals surface area contributed by atoms with Crippen LogP contribution in [0.15, 0.2) is 18.5 Å². The molecule has 1 N–H and O–H groups in total. The predicted molar refractivity (Wildman–Crippen MR) is 76.5 cm³/mol. The number of hydrogen-bond donors (Lipinski definition) is 1. The van der Waals surface area contributed by atoms with Gasteiger partial charge in [-0.2, -0.15) is 9.61 Å². The van der Waals surface area contributed by atoms with Crippen LogP contribution < -0.4 is 5.32 Å². The van der Waals surface area contributed by atoms with Crippen molar-refractivity contribution in [2.45, 2.75) is 33.7 Å². The van der Waals surface area contributed by atoms with Crippen LogP contribution >= 0.6 is 0 Å². The summed E-state index contributed by atoms with van der Waals surface area (Å²) in [5, 5.41) is 7.77. The van der Waals surface area contributed by atoms with Gasteiger partial charge in [-0.05, 0) is 37.5 Å². The number of pyridine rings is 1. The zero-order chi connectivity index (χ0) is 13.8. The third-order valence-corrected chi connectivity index (χ3v) is 3.16. The van der Waals surface area contributed by atoms with E-state index in [1.807, 2.05) is 17.5 Å². The maximum atomic E-state index is 5.55. The van der Waals surface area contributed by atoms with Gasteiger partial charge in [-0.3, -0.25) is 0 Å². The highest BCUT2D eigenvalue weighted by Crippen LogP contribution is 2.16. The van der Waals surface area contributed by atoms with E-state index in [-0.39, 0.29) is 6.04 Å². The first-order valence-corrected chi connectivity index (χ1v) is 6.76. The van der Waals surface area contributed by atoms with Gasteiger partial charge in [-0.25, -0.2) is 4.98 Å². The maximum Gasteiger partial charge on any atom is 0.157 e. The number of fused-ring (bicyclic) bond motifs is 1. The monoisotopic (exact) mass is 262 g/mol. The van der Waals surface area contributed by atoms with Crippen molar-refractivity contribution in [3.05, 3.63) is 24.0 Å². The first-order chi connectivity index (χ1) is 9.11. The second-order valence-corrected chi connectivity index (χ2v) is 5.10. The highest BCUT2D eigenvalue weighted by atomic mass is 16.5. The van der Waals surface area contributed by atoms with E-state index in [1.54, 1.807) is 6.33 Å². The molecule has 1 unspecified atom stereocenters. The lowest BCUT2D eigenvalue weighted by Crippen LogP contribution is -2.31. The van der Waals surface area contributed by atoms with Gasteiger partial charge in [0.15, 0.2) is 5.65 Å². The van der Waals surface area contributed by atoms with E-state index in [0.717, 1.165) is 18.1 Å². The summed E-state index contributed by atoms with van der Waals surface area (Å²) in [5.41, 5.74) is 2.03. The van der Waals surface area contributed by atoms with Crippen LogP contribution in [0.4, 0.5) is 5.82 Å². The van der Waals surface area contributed by atoms with Gasteiger partial charge in [0.25, 0.3) is 0 Å². The standard InChI is InChI=1S/C14H22N4O/c1-5-19-8-12(10(2)3)17-14-7-11(4)6-13-15-9-16-18(13)14/h6-7,9-10,12,17H,5,8H2,1-4H3. The van der Waals surface area contributed by atoms with E-state index in [9.17, 15) is 0 Å². The fourth-order valence-electron chi connectivity index (χ4n) is 1.99. The largest absolute Gasteiger partial charge is 0.380 e. The van der Waals surface area contributed by atoms with Gasteiger partial charge in [0.2, 0.25) is 0 Å². The second kappa shape index (κ2) is 6.02. The van der Waals surface area contributed by atoms with Crippen LogP contribution in [-0.2, 0) is 4.74 Å².